The SMILES string of the molecule is CC[C@H](NC(=O)OCC1c2ccccc2-c2ccccc21)C(=O)N[C@@H](C(=O)O)C(C)C. The predicted molar refractivity (Wildman–Crippen MR) is 117 cm³/mol. The summed E-state index contributed by atoms with van der Waals surface area (Å²) in [5, 5.41) is 14.3. The number of nitrogens with one attached hydrogen (secondary N) is 2. The Balaban J connectivity index is 1.63. The van der Waals surface area contributed by atoms with Gasteiger partial charge in [-0.15, -0.1) is 0 Å². The zero-order chi connectivity index (χ0) is 22.5. The fourth-order valence-electron chi connectivity index (χ4n) is 3.90. The molecule has 7 heteroatoms. The van der Waals surface area contributed by atoms with Crippen LogP contribution in [0.3, 0.4) is 0 Å². The number of carboxylic acids is 1. The molecule has 0 heterocycles. The van der Waals surface area contributed by atoms with Crippen LogP contribution in [0, 0.1) is 5.92 Å². The Bertz CT molecular complexity index is 926. The molecule has 0 fully saturated rings. The smallest absolute Gasteiger partial charge is 0.407 e. The molecular formula is C24H28N2O5. The molecular weight excluding hydrogens is 396 g/mol. The first kappa shape index (κ1) is 22.3. The highest BCUT2D eigenvalue weighted by Gasteiger charge is 2.30. The summed E-state index contributed by atoms with van der Waals surface area (Å²) >= 11 is 0. The lowest BCUT2D eigenvalue weighted by atomic mass is 9.98. The van der Waals surface area contributed by atoms with Gasteiger partial charge in [-0.2, -0.15) is 0 Å². The number of amides is 2. The summed E-state index contributed by atoms with van der Waals surface area (Å²) in [6.45, 7) is 5.29. The lowest BCUT2D eigenvalue weighted by Crippen LogP contribution is -2.53. The number of carbonyl (C=O) groups excluding carboxylic acids is 2. The number of hydrogen-bond donors (Lipinski definition) is 3. The van der Waals surface area contributed by atoms with Gasteiger partial charge in [0.1, 0.15) is 18.7 Å². The van der Waals surface area contributed by atoms with Crippen LogP contribution in [0.5, 0.6) is 0 Å². The zero-order valence-corrected chi connectivity index (χ0v) is 17.9. The van der Waals surface area contributed by atoms with Crippen molar-refractivity contribution in [3.05, 3.63) is 59.7 Å². The van der Waals surface area contributed by atoms with Gasteiger partial charge < -0.3 is 20.5 Å². The Morgan fingerprint density at radius 2 is 1.52 bits per heavy atom. The van der Waals surface area contributed by atoms with Gasteiger partial charge in [0.25, 0.3) is 0 Å². The Kier molecular flexibility index (Phi) is 6.95. The van der Waals surface area contributed by atoms with E-state index >= 15 is 0 Å². The first-order chi connectivity index (χ1) is 14.8. The number of alkyl carbamates (subject to hydrolysis) is 1. The zero-order valence-electron chi connectivity index (χ0n) is 17.9. The summed E-state index contributed by atoms with van der Waals surface area (Å²) in [7, 11) is 0. The molecule has 31 heavy (non-hydrogen) atoms. The molecule has 3 rings (SSSR count). The molecule has 0 radical (unpaired) electrons. The topological polar surface area (TPSA) is 105 Å². The van der Waals surface area contributed by atoms with E-state index in [0.717, 1.165) is 22.3 Å². The van der Waals surface area contributed by atoms with Gasteiger partial charge in [-0.25, -0.2) is 9.59 Å². The van der Waals surface area contributed by atoms with Crippen LogP contribution in [0.25, 0.3) is 11.1 Å². The van der Waals surface area contributed by atoms with Crippen molar-refractivity contribution >= 4 is 18.0 Å². The van der Waals surface area contributed by atoms with Crippen LogP contribution < -0.4 is 10.6 Å². The number of benzene rings is 2. The summed E-state index contributed by atoms with van der Waals surface area (Å²) in [6.07, 6.45) is -0.402. The van der Waals surface area contributed by atoms with Crippen molar-refractivity contribution in [2.45, 2.75) is 45.2 Å². The Morgan fingerprint density at radius 3 is 2.00 bits per heavy atom. The van der Waals surface area contributed by atoms with Crippen molar-refractivity contribution in [1.29, 1.82) is 0 Å². The lowest BCUT2D eigenvalue weighted by Gasteiger charge is -2.22. The quantitative estimate of drug-likeness (QED) is 0.601. The first-order valence-electron chi connectivity index (χ1n) is 10.5. The Morgan fingerprint density at radius 1 is 0.968 bits per heavy atom. The van der Waals surface area contributed by atoms with Gasteiger partial charge in [0.05, 0.1) is 0 Å². The Labute approximate surface area is 181 Å². The molecule has 1 aliphatic rings. The number of ether oxygens (including phenoxy) is 1. The maximum absolute atomic E-state index is 12.5. The molecule has 0 aromatic heterocycles. The van der Waals surface area contributed by atoms with E-state index in [1.807, 2.05) is 36.4 Å². The maximum atomic E-state index is 12.5. The third-order valence-corrected chi connectivity index (χ3v) is 5.59. The fraction of sp³-hybridized carbons (Fsp3) is 0.375. The highest BCUT2D eigenvalue weighted by molar-refractivity contribution is 5.89. The second kappa shape index (κ2) is 9.64. The first-order valence-corrected chi connectivity index (χ1v) is 10.5. The van der Waals surface area contributed by atoms with Crippen LogP contribution >= 0.6 is 0 Å². The van der Waals surface area contributed by atoms with Crippen LogP contribution in [0.15, 0.2) is 48.5 Å². The molecule has 2 amide bonds. The van der Waals surface area contributed by atoms with E-state index in [0.29, 0.717) is 6.42 Å². The summed E-state index contributed by atoms with van der Waals surface area (Å²) in [5.74, 6) is -2.02. The van der Waals surface area contributed by atoms with Gasteiger partial charge in [0, 0.05) is 5.92 Å². The van der Waals surface area contributed by atoms with Crippen LogP contribution in [-0.4, -0.2) is 41.8 Å². The van der Waals surface area contributed by atoms with Crippen LogP contribution in [0.1, 0.15) is 44.2 Å². The van der Waals surface area contributed by atoms with Gasteiger partial charge in [-0.1, -0.05) is 69.3 Å². The number of carbonyl (C=O) groups is 3. The van der Waals surface area contributed by atoms with E-state index in [2.05, 4.69) is 22.8 Å². The second-order valence-corrected chi connectivity index (χ2v) is 8.00. The number of rotatable bonds is 8. The van der Waals surface area contributed by atoms with Crippen molar-refractivity contribution < 1.29 is 24.2 Å². The molecule has 164 valence electrons. The third kappa shape index (κ3) is 4.87. The van der Waals surface area contributed by atoms with E-state index < -0.39 is 30.1 Å². The molecule has 0 aliphatic heterocycles. The van der Waals surface area contributed by atoms with Crippen molar-refractivity contribution in [1.82, 2.24) is 10.6 Å². The van der Waals surface area contributed by atoms with Gasteiger partial charge in [-0.3, -0.25) is 4.79 Å². The predicted octanol–water partition coefficient (Wildman–Crippen LogP) is 3.53. The number of hydrogen-bond acceptors (Lipinski definition) is 4. The Hall–Kier alpha value is -3.35. The minimum Gasteiger partial charge on any atom is -0.480 e. The van der Waals surface area contributed by atoms with Crippen molar-refractivity contribution in [3.63, 3.8) is 0 Å². The molecule has 0 saturated heterocycles. The third-order valence-electron chi connectivity index (χ3n) is 5.59. The maximum Gasteiger partial charge on any atom is 0.407 e. The summed E-state index contributed by atoms with van der Waals surface area (Å²) in [5.41, 5.74) is 4.46. The minimum atomic E-state index is -1.11. The van der Waals surface area contributed by atoms with Gasteiger partial charge in [0.15, 0.2) is 0 Å². The molecule has 0 spiro atoms. The van der Waals surface area contributed by atoms with Gasteiger partial charge in [-0.05, 0) is 34.6 Å². The molecule has 0 unspecified atom stereocenters. The summed E-state index contributed by atoms with van der Waals surface area (Å²) < 4.78 is 5.48. The number of carboxylic acid groups (broad SMARTS) is 1. The van der Waals surface area contributed by atoms with Crippen LogP contribution in [0.2, 0.25) is 0 Å². The van der Waals surface area contributed by atoms with Gasteiger partial charge in [0.2, 0.25) is 5.91 Å². The van der Waals surface area contributed by atoms with Crippen molar-refractivity contribution in [2.24, 2.45) is 5.92 Å². The normalized spacial score (nSPS) is 14.3. The molecule has 0 bridgehead atoms. The van der Waals surface area contributed by atoms with E-state index in [4.69, 9.17) is 4.74 Å². The molecule has 1 aliphatic carbocycles. The van der Waals surface area contributed by atoms with Crippen LogP contribution in [0.4, 0.5) is 4.79 Å². The minimum absolute atomic E-state index is 0.0793. The van der Waals surface area contributed by atoms with E-state index in [9.17, 15) is 19.5 Å². The average Bonchev–Trinajstić information content (AvgIpc) is 3.07. The molecule has 2 aromatic rings. The number of fused-ring (bicyclic) bond motifs is 3. The summed E-state index contributed by atoms with van der Waals surface area (Å²) in [6, 6.07) is 14.2. The monoisotopic (exact) mass is 424 g/mol. The fourth-order valence-corrected chi connectivity index (χ4v) is 3.90. The lowest BCUT2D eigenvalue weighted by molar-refractivity contribution is -0.143. The highest BCUT2D eigenvalue weighted by Crippen LogP contribution is 2.44. The second-order valence-electron chi connectivity index (χ2n) is 8.00. The largest absolute Gasteiger partial charge is 0.480 e. The van der Waals surface area contributed by atoms with Crippen molar-refractivity contribution in [3.8, 4) is 11.1 Å². The molecule has 2 aromatic carbocycles. The molecule has 2 atom stereocenters. The van der Waals surface area contributed by atoms with Crippen LogP contribution in [-0.2, 0) is 14.3 Å². The number of aliphatic carboxylic acids is 1. The van der Waals surface area contributed by atoms with E-state index in [-0.39, 0.29) is 18.4 Å². The van der Waals surface area contributed by atoms with Gasteiger partial charge >= 0.3 is 12.1 Å². The van der Waals surface area contributed by atoms with Crippen molar-refractivity contribution in [2.75, 3.05) is 6.61 Å². The van der Waals surface area contributed by atoms with E-state index in [1.165, 1.54) is 0 Å². The summed E-state index contributed by atoms with van der Waals surface area (Å²) in [4.78, 5) is 36.2. The molecule has 3 N–H and O–H groups in total. The van der Waals surface area contributed by atoms with E-state index in [1.54, 1.807) is 20.8 Å². The molecule has 0 saturated carbocycles. The highest BCUT2D eigenvalue weighted by atomic mass is 16.5. The standard InChI is InChI=1S/C24H28N2O5/c1-4-20(22(27)26-21(14(2)3)23(28)29)25-24(30)31-13-19-17-11-7-5-9-15(17)16-10-6-8-12-18(16)19/h5-12,14,19-21H,4,13H2,1-3H3,(H,25,30)(H,26,27)(H,28,29)/t20-,21+/m0/s1. The average molecular weight is 424 g/mol. The molecule has 7 nitrogen and oxygen atoms in total.